The summed E-state index contributed by atoms with van der Waals surface area (Å²) in [6.45, 7) is 2.30. The molecule has 4 heteroatoms. The SMILES string of the molecule is CC(=O)N1C=Cc2ccccc2C1CC(=O)NCC1CC1. The van der Waals surface area contributed by atoms with E-state index >= 15 is 0 Å². The van der Waals surface area contributed by atoms with Crippen LogP contribution in [0.25, 0.3) is 6.08 Å². The van der Waals surface area contributed by atoms with Crippen LogP contribution in [0.15, 0.2) is 30.5 Å². The number of carbonyl (C=O) groups excluding carboxylic acids is 2. The van der Waals surface area contributed by atoms with Crippen molar-refractivity contribution in [3.63, 3.8) is 0 Å². The van der Waals surface area contributed by atoms with Crippen molar-refractivity contribution < 1.29 is 9.59 Å². The summed E-state index contributed by atoms with van der Waals surface area (Å²) in [5.74, 6) is 0.639. The second-order valence-electron chi connectivity index (χ2n) is 5.84. The van der Waals surface area contributed by atoms with Crippen LogP contribution in [0.5, 0.6) is 0 Å². The molecule has 0 radical (unpaired) electrons. The molecule has 21 heavy (non-hydrogen) atoms. The molecule has 0 saturated heterocycles. The Morgan fingerprint density at radius 3 is 2.76 bits per heavy atom. The molecule has 1 fully saturated rings. The van der Waals surface area contributed by atoms with Crippen LogP contribution < -0.4 is 5.32 Å². The maximum atomic E-state index is 12.1. The molecular formula is C17H20N2O2. The number of benzene rings is 1. The third-order valence-electron chi connectivity index (χ3n) is 4.13. The molecular weight excluding hydrogens is 264 g/mol. The first-order valence-corrected chi connectivity index (χ1v) is 7.48. The smallest absolute Gasteiger partial charge is 0.223 e. The van der Waals surface area contributed by atoms with Crippen molar-refractivity contribution in [2.75, 3.05) is 6.54 Å². The molecule has 1 N–H and O–H groups in total. The number of hydrogen-bond acceptors (Lipinski definition) is 2. The number of rotatable bonds is 4. The van der Waals surface area contributed by atoms with E-state index in [1.807, 2.05) is 30.3 Å². The number of hydrogen-bond donors (Lipinski definition) is 1. The van der Waals surface area contributed by atoms with Gasteiger partial charge in [0.15, 0.2) is 0 Å². The molecule has 1 atom stereocenters. The van der Waals surface area contributed by atoms with Crippen molar-refractivity contribution in [3.8, 4) is 0 Å². The monoisotopic (exact) mass is 284 g/mol. The van der Waals surface area contributed by atoms with E-state index in [0.29, 0.717) is 12.3 Å². The average Bonchev–Trinajstić information content (AvgIpc) is 3.29. The summed E-state index contributed by atoms with van der Waals surface area (Å²) in [4.78, 5) is 25.6. The largest absolute Gasteiger partial charge is 0.356 e. The summed E-state index contributed by atoms with van der Waals surface area (Å²) in [5, 5.41) is 2.98. The van der Waals surface area contributed by atoms with Crippen LogP contribution in [-0.2, 0) is 9.59 Å². The minimum atomic E-state index is -0.206. The van der Waals surface area contributed by atoms with Crippen molar-refractivity contribution in [3.05, 3.63) is 41.6 Å². The predicted molar refractivity (Wildman–Crippen MR) is 81.1 cm³/mol. The lowest BCUT2D eigenvalue weighted by molar-refractivity contribution is -0.129. The maximum absolute atomic E-state index is 12.1. The van der Waals surface area contributed by atoms with Crippen LogP contribution in [0.2, 0.25) is 0 Å². The van der Waals surface area contributed by atoms with Gasteiger partial charge in [0.05, 0.1) is 12.5 Å². The fraction of sp³-hybridized carbons (Fsp3) is 0.412. The van der Waals surface area contributed by atoms with Crippen molar-refractivity contribution in [2.24, 2.45) is 5.92 Å². The third-order valence-corrected chi connectivity index (χ3v) is 4.13. The standard InChI is InChI=1S/C17H20N2O2/c1-12(20)19-9-8-14-4-2-3-5-15(14)16(19)10-17(21)18-11-13-6-7-13/h2-5,8-9,13,16H,6-7,10-11H2,1H3,(H,18,21). The summed E-state index contributed by atoms with van der Waals surface area (Å²) < 4.78 is 0. The molecule has 2 amide bonds. The Kier molecular flexibility index (Phi) is 3.78. The van der Waals surface area contributed by atoms with Gasteiger partial charge in [-0.2, -0.15) is 0 Å². The van der Waals surface area contributed by atoms with Crippen molar-refractivity contribution in [2.45, 2.75) is 32.2 Å². The van der Waals surface area contributed by atoms with Crippen LogP contribution >= 0.6 is 0 Å². The Morgan fingerprint density at radius 2 is 2.05 bits per heavy atom. The van der Waals surface area contributed by atoms with Crippen molar-refractivity contribution >= 4 is 17.9 Å². The van der Waals surface area contributed by atoms with Crippen molar-refractivity contribution in [1.29, 1.82) is 0 Å². The fourth-order valence-electron chi connectivity index (χ4n) is 2.74. The first-order chi connectivity index (χ1) is 10.1. The molecule has 1 aromatic carbocycles. The number of nitrogens with zero attached hydrogens (tertiary/aromatic N) is 1. The minimum absolute atomic E-state index is 0.0169. The molecule has 1 aliphatic heterocycles. The van der Waals surface area contributed by atoms with Crippen LogP contribution in [0, 0.1) is 5.92 Å². The van der Waals surface area contributed by atoms with E-state index in [1.165, 1.54) is 19.8 Å². The topological polar surface area (TPSA) is 49.4 Å². The summed E-state index contributed by atoms with van der Waals surface area (Å²) >= 11 is 0. The molecule has 1 saturated carbocycles. The molecule has 110 valence electrons. The van der Waals surface area contributed by atoms with E-state index in [4.69, 9.17) is 0 Å². The highest BCUT2D eigenvalue weighted by atomic mass is 16.2. The van der Waals surface area contributed by atoms with Gasteiger partial charge in [-0.05, 0) is 36.0 Å². The lowest BCUT2D eigenvalue weighted by Gasteiger charge is -2.32. The van der Waals surface area contributed by atoms with Gasteiger partial charge in [0.25, 0.3) is 0 Å². The van der Waals surface area contributed by atoms with E-state index in [9.17, 15) is 9.59 Å². The molecule has 1 heterocycles. The van der Waals surface area contributed by atoms with E-state index in [1.54, 1.807) is 11.1 Å². The molecule has 0 aromatic heterocycles. The quantitative estimate of drug-likeness (QED) is 0.923. The normalized spacial score (nSPS) is 20.0. The second kappa shape index (κ2) is 5.72. The fourth-order valence-corrected chi connectivity index (χ4v) is 2.74. The van der Waals surface area contributed by atoms with Gasteiger partial charge in [-0.15, -0.1) is 0 Å². The summed E-state index contributed by atoms with van der Waals surface area (Å²) in [6, 6.07) is 7.72. The average molecular weight is 284 g/mol. The summed E-state index contributed by atoms with van der Waals surface area (Å²) in [7, 11) is 0. The molecule has 2 aliphatic rings. The highest BCUT2D eigenvalue weighted by Crippen LogP contribution is 2.33. The van der Waals surface area contributed by atoms with Crippen LogP contribution in [0.1, 0.15) is 43.4 Å². The molecule has 0 spiro atoms. The lowest BCUT2D eigenvalue weighted by atomic mass is 9.93. The zero-order chi connectivity index (χ0) is 14.8. The van der Waals surface area contributed by atoms with Crippen LogP contribution in [0.4, 0.5) is 0 Å². The minimum Gasteiger partial charge on any atom is -0.356 e. The van der Waals surface area contributed by atoms with Gasteiger partial charge >= 0.3 is 0 Å². The van der Waals surface area contributed by atoms with E-state index in [-0.39, 0.29) is 17.9 Å². The number of nitrogens with one attached hydrogen (secondary N) is 1. The van der Waals surface area contributed by atoms with Gasteiger partial charge < -0.3 is 10.2 Å². The van der Waals surface area contributed by atoms with Gasteiger partial charge in [0.1, 0.15) is 0 Å². The van der Waals surface area contributed by atoms with E-state index < -0.39 is 0 Å². The van der Waals surface area contributed by atoms with Gasteiger partial charge in [-0.1, -0.05) is 24.3 Å². The molecule has 1 aliphatic carbocycles. The molecule has 1 aromatic rings. The van der Waals surface area contributed by atoms with Gasteiger partial charge in [-0.3, -0.25) is 9.59 Å². The molecule has 3 rings (SSSR count). The Balaban J connectivity index is 1.76. The lowest BCUT2D eigenvalue weighted by Crippen LogP contribution is -2.35. The zero-order valence-corrected chi connectivity index (χ0v) is 12.2. The zero-order valence-electron chi connectivity index (χ0n) is 12.2. The summed E-state index contributed by atoms with van der Waals surface area (Å²) in [6.07, 6.45) is 6.45. The highest BCUT2D eigenvalue weighted by Gasteiger charge is 2.29. The second-order valence-corrected chi connectivity index (χ2v) is 5.84. The Hall–Kier alpha value is -2.10. The van der Waals surface area contributed by atoms with Gasteiger partial charge in [-0.25, -0.2) is 0 Å². The van der Waals surface area contributed by atoms with Gasteiger partial charge in [0.2, 0.25) is 11.8 Å². The number of fused-ring (bicyclic) bond motifs is 1. The Bertz CT molecular complexity index is 590. The van der Waals surface area contributed by atoms with Gasteiger partial charge in [0, 0.05) is 19.7 Å². The Labute approximate surface area is 124 Å². The Morgan fingerprint density at radius 1 is 1.29 bits per heavy atom. The van der Waals surface area contributed by atoms with E-state index in [0.717, 1.165) is 17.7 Å². The first kappa shape index (κ1) is 13.9. The van der Waals surface area contributed by atoms with Crippen LogP contribution in [-0.4, -0.2) is 23.3 Å². The molecule has 1 unspecified atom stereocenters. The first-order valence-electron chi connectivity index (χ1n) is 7.48. The maximum Gasteiger partial charge on any atom is 0.223 e. The predicted octanol–water partition coefficient (Wildman–Crippen LogP) is 2.48. The van der Waals surface area contributed by atoms with Crippen molar-refractivity contribution in [1.82, 2.24) is 10.2 Å². The van der Waals surface area contributed by atoms with E-state index in [2.05, 4.69) is 5.32 Å². The number of amides is 2. The third kappa shape index (κ3) is 3.15. The molecule has 0 bridgehead atoms. The summed E-state index contributed by atoms with van der Waals surface area (Å²) in [5.41, 5.74) is 2.12. The number of carbonyl (C=O) groups is 2. The van der Waals surface area contributed by atoms with Crippen LogP contribution in [0.3, 0.4) is 0 Å². The molecule has 4 nitrogen and oxygen atoms in total. The highest BCUT2D eigenvalue weighted by molar-refractivity contribution is 5.81.